The number of hydrogen-bond acceptors (Lipinski definition) is 2. The number of nitrogens with zero attached hydrogens (tertiary/aromatic N) is 1. The van der Waals surface area contributed by atoms with Crippen molar-refractivity contribution in [2.75, 3.05) is 13.1 Å². The van der Waals surface area contributed by atoms with Crippen molar-refractivity contribution in [2.45, 2.75) is 39.3 Å². The SMILES string of the molecule is CC(C)N1C[C@@H](C)C[C@H](N)C1. The number of likely N-dealkylation sites (tertiary alicyclic amines) is 1. The van der Waals surface area contributed by atoms with Gasteiger partial charge in [0.25, 0.3) is 0 Å². The van der Waals surface area contributed by atoms with Crippen LogP contribution in [0.5, 0.6) is 0 Å². The highest BCUT2D eigenvalue weighted by molar-refractivity contribution is 4.80. The zero-order valence-electron chi connectivity index (χ0n) is 7.88. The lowest BCUT2D eigenvalue weighted by Gasteiger charge is -2.37. The minimum absolute atomic E-state index is 0.404. The van der Waals surface area contributed by atoms with Gasteiger partial charge in [-0.25, -0.2) is 0 Å². The number of nitrogens with two attached hydrogens (primary N) is 1. The smallest absolute Gasteiger partial charge is 0.0170 e. The van der Waals surface area contributed by atoms with Crippen molar-refractivity contribution in [1.29, 1.82) is 0 Å². The summed E-state index contributed by atoms with van der Waals surface area (Å²) in [6.07, 6.45) is 1.20. The molecule has 0 aliphatic carbocycles. The Hall–Kier alpha value is -0.0800. The van der Waals surface area contributed by atoms with E-state index in [0.29, 0.717) is 12.1 Å². The van der Waals surface area contributed by atoms with Gasteiger partial charge in [-0.05, 0) is 26.2 Å². The van der Waals surface area contributed by atoms with Crippen LogP contribution in [0.15, 0.2) is 0 Å². The van der Waals surface area contributed by atoms with Crippen molar-refractivity contribution >= 4 is 0 Å². The van der Waals surface area contributed by atoms with Crippen LogP contribution in [0.25, 0.3) is 0 Å². The van der Waals surface area contributed by atoms with Crippen LogP contribution in [0.3, 0.4) is 0 Å². The fourth-order valence-corrected chi connectivity index (χ4v) is 1.86. The molecule has 2 N–H and O–H groups in total. The van der Waals surface area contributed by atoms with Crippen molar-refractivity contribution in [3.05, 3.63) is 0 Å². The van der Waals surface area contributed by atoms with Crippen LogP contribution in [0.2, 0.25) is 0 Å². The van der Waals surface area contributed by atoms with Crippen molar-refractivity contribution in [3.63, 3.8) is 0 Å². The highest BCUT2D eigenvalue weighted by Crippen LogP contribution is 2.16. The molecule has 0 unspecified atom stereocenters. The molecule has 66 valence electrons. The Morgan fingerprint density at radius 2 is 2.00 bits per heavy atom. The van der Waals surface area contributed by atoms with Crippen molar-refractivity contribution in [2.24, 2.45) is 11.7 Å². The third kappa shape index (κ3) is 2.46. The Kier molecular flexibility index (Phi) is 2.90. The van der Waals surface area contributed by atoms with Gasteiger partial charge in [-0.15, -0.1) is 0 Å². The monoisotopic (exact) mass is 156 g/mol. The van der Waals surface area contributed by atoms with Crippen LogP contribution >= 0.6 is 0 Å². The summed E-state index contributed by atoms with van der Waals surface area (Å²) in [7, 11) is 0. The minimum Gasteiger partial charge on any atom is -0.327 e. The van der Waals surface area contributed by atoms with E-state index in [1.54, 1.807) is 0 Å². The fraction of sp³-hybridized carbons (Fsp3) is 1.00. The van der Waals surface area contributed by atoms with Crippen molar-refractivity contribution in [3.8, 4) is 0 Å². The highest BCUT2D eigenvalue weighted by atomic mass is 15.2. The molecule has 0 aromatic rings. The molecule has 0 aromatic carbocycles. The van der Waals surface area contributed by atoms with E-state index in [0.717, 1.165) is 12.5 Å². The summed E-state index contributed by atoms with van der Waals surface area (Å²) < 4.78 is 0. The average molecular weight is 156 g/mol. The fourth-order valence-electron chi connectivity index (χ4n) is 1.86. The Bertz CT molecular complexity index is 113. The van der Waals surface area contributed by atoms with Crippen molar-refractivity contribution in [1.82, 2.24) is 4.90 Å². The van der Waals surface area contributed by atoms with Gasteiger partial charge in [0, 0.05) is 25.2 Å². The maximum atomic E-state index is 5.91. The van der Waals surface area contributed by atoms with Gasteiger partial charge >= 0.3 is 0 Å². The van der Waals surface area contributed by atoms with Gasteiger partial charge in [0.2, 0.25) is 0 Å². The van der Waals surface area contributed by atoms with Gasteiger partial charge in [0.05, 0.1) is 0 Å². The molecule has 1 heterocycles. The molecule has 0 spiro atoms. The minimum atomic E-state index is 0.404. The van der Waals surface area contributed by atoms with Gasteiger partial charge in [0.1, 0.15) is 0 Å². The van der Waals surface area contributed by atoms with E-state index >= 15 is 0 Å². The van der Waals surface area contributed by atoms with Gasteiger partial charge in [-0.2, -0.15) is 0 Å². The van der Waals surface area contributed by atoms with Crippen molar-refractivity contribution < 1.29 is 0 Å². The second-order valence-corrected chi connectivity index (χ2v) is 4.15. The summed E-state index contributed by atoms with van der Waals surface area (Å²) in [4.78, 5) is 2.47. The van der Waals surface area contributed by atoms with E-state index < -0.39 is 0 Å². The Labute approximate surface area is 69.8 Å². The van der Waals surface area contributed by atoms with Crippen LogP contribution in [0, 0.1) is 5.92 Å². The summed E-state index contributed by atoms with van der Waals surface area (Å²) in [6.45, 7) is 9.08. The van der Waals surface area contributed by atoms with E-state index in [4.69, 9.17) is 5.73 Å². The molecule has 0 radical (unpaired) electrons. The average Bonchev–Trinajstić information content (AvgIpc) is 1.85. The molecule has 2 nitrogen and oxygen atoms in total. The quantitative estimate of drug-likeness (QED) is 0.615. The Balaban J connectivity index is 2.43. The maximum Gasteiger partial charge on any atom is 0.0170 e. The maximum absolute atomic E-state index is 5.91. The molecule has 1 rings (SSSR count). The van der Waals surface area contributed by atoms with E-state index in [-0.39, 0.29) is 0 Å². The van der Waals surface area contributed by atoms with Crippen LogP contribution in [0.1, 0.15) is 27.2 Å². The van der Waals surface area contributed by atoms with E-state index in [2.05, 4.69) is 25.7 Å². The van der Waals surface area contributed by atoms with E-state index in [1.807, 2.05) is 0 Å². The second-order valence-electron chi connectivity index (χ2n) is 4.15. The first-order valence-electron chi connectivity index (χ1n) is 4.59. The molecule has 0 amide bonds. The third-order valence-corrected chi connectivity index (χ3v) is 2.45. The number of piperidine rings is 1. The summed E-state index contributed by atoms with van der Waals surface area (Å²) in [5.74, 6) is 0.779. The predicted molar refractivity (Wildman–Crippen MR) is 48.5 cm³/mol. The molecule has 0 bridgehead atoms. The molecular weight excluding hydrogens is 136 g/mol. The first-order chi connectivity index (χ1) is 5.09. The molecular formula is C9H20N2. The first kappa shape index (κ1) is 9.01. The Morgan fingerprint density at radius 3 is 2.45 bits per heavy atom. The molecule has 1 aliphatic heterocycles. The van der Waals surface area contributed by atoms with E-state index in [9.17, 15) is 0 Å². The topological polar surface area (TPSA) is 29.3 Å². The van der Waals surface area contributed by atoms with Gasteiger partial charge in [-0.3, -0.25) is 4.90 Å². The molecule has 0 aromatic heterocycles. The molecule has 1 saturated heterocycles. The molecule has 1 aliphatic rings. The Morgan fingerprint density at radius 1 is 1.36 bits per heavy atom. The standard InChI is InChI=1S/C9H20N2/c1-7(2)11-5-8(3)4-9(10)6-11/h7-9H,4-6,10H2,1-3H3/t8-,9-/m0/s1. The lowest BCUT2D eigenvalue weighted by Crippen LogP contribution is -2.48. The largest absolute Gasteiger partial charge is 0.327 e. The molecule has 0 saturated carbocycles. The number of hydrogen-bond donors (Lipinski definition) is 1. The van der Waals surface area contributed by atoms with Gasteiger partial charge < -0.3 is 5.73 Å². The summed E-state index contributed by atoms with van der Waals surface area (Å²) >= 11 is 0. The van der Waals surface area contributed by atoms with Crippen LogP contribution < -0.4 is 5.73 Å². The molecule has 2 heteroatoms. The lowest BCUT2D eigenvalue weighted by atomic mass is 9.96. The summed E-state index contributed by atoms with van der Waals surface area (Å²) in [5, 5.41) is 0. The molecule has 1 fully saturated rings. The molecule has 2 atom stereocenters. The summed E-state index contributed by atoms with van der Waals surface area (Å²) in [6, 6.07) is 1.06. The zero-order valence-corrected chi connectivity index (χ0v) is 7.88. The highest BCUT2D eigenvalue weighted by Gasteiger charge is 2.23. The summed E-state index contributed by atoms with van der Waals surface area (Å²) in [5.41, 5.74) is 5.91. The van der Waals surface area contributed by atoms with Gasteiger partial charge in [-0.1, -0.05) is 6.92 Å². The molecule has 11 heavy (non-hydrogen) atoms. The second kappa shape index (κ2) is 3.55. The number of rotatable bonds is 1. The first-order valence-corrected chi connectivity index (χ1v) is 4.59. The predicted octanol–water partition coefficient (Wildman–Crippen LogP) is 1.06. The van der Waals surface area contributed by atoms with Crippen LogP contribution in [0.4, 0.5) is 0 Å². The van der Waals surface area contributed by atoms with Crippen LogP contribution in [-0.4, -0.2) is 30.1 Å². The van der Waals surface area contributed by atoms with Crippen LogP contribution in [-0.2, 0) is 0 Å². The van der Waals surface area contributed by atoms with Gasteiger partial charge in [0.15, 0.2) is 0 Å². The van der Waals surface area contributed by atoms with E-state index in [1.165, 1.54) is 13.0 Å². The normalized spacial score (nSPS) is 34.6. The zero-order chi connectivity index (χ0) is 8.43. The third-order valence-electron chi connectivity index (χ3n) is 2.45. The lowest BCUT2D eigenvalue weighted by molar-refractivity contribution is 0.132.